The molecule has 22 heavy (non-hydrogen) atoms. The molecule has 1 aliphatic heterocycles. The van der Waals surface area contributed by atoms with E-state index in [1.54, 1.807) is 19.1 Å². The van der Waals surface area contributed by atoms with Crippen LogP contribution >= 0.6 is 0 Å². The molecule has 0 aromatic heterocycles. The van der Waals surface area contributed by atoms with Crippen LogP contribution in [0.1, 0.15) is 32.3 Å². The Morgan fingerprint density at radius 3 is 2.32 bits per heavy atom. The highest BCUT2D eigenvalue weighted by Gasteiger charge is 2.37. The molecule has 2 rings (SSSR count). The summed E-state index contributed by atoms with van der Waals surface area (Å²) in [6.45, 7) is 4.79. The van der Waals surface area contributed by atoms with Gasteiger partial charge >= 0.3 is 6.16 Å². The molecular formula is C17H23NO4. The number of likely N-dealkylation sites (tertiary alicyclic amines) is 1. The Balaban J connectivity index is 2.02. The lowest BCUT2D eigenvalue weighted by atomic mass is 9.92. The molecule has 0 amide bonds. The van der Waals surface area contributed by atoms with Gasteiger partial charge in [-0.1, -0.05) is 30.3 Å². The van der Waals surface area contributed by atoms with Crippen molar-refractivity contribution in [3.63, 3.8) is 0 Å². The molecule has 0 saturated carbocycles. The number of carbonyl (C=O) groups excluding carboxylic acids is 2. The molecule has 1 aliphatic rings. The number of hydrogen-bond donors (Lipinski definition) is 0. The normalized spacial score (nSPS) is 19.2. The molecule has 1 fully saturated rings. The fraction of sp³-hybridized carbons (Fsp3) is 0.529. The number of Topliss-reactive ketones (excluding diaryl/α,β-unsaturated/α-hetero) is 1. The average molecular weight is 305 g/mol. The van der Waals surface area contributed by atoms with Gasteiger partial charge in [0.05, 0.1) is 0 Å². The Kier molecular flexibility index (Phi) is 5.19. The zero-order valence-corrected chi connectivity index (χ0v) is 13.4. The summed E-state index contributed by atoms with van der Waals surface area (Å²) in [5, 5.41) is 0. The van der Waals surface area contributed by atoms with Crippen LogP contribution in [0.2, 0.25) is 0 Å². The van der Waals surface area contributed by atoms with Crippen molar-refractivity contribution in [2.24, 2.45) is 0 Å². The van der Waals surface area contributed by atoms with E-state index in [1.807, 2.05) is 25.2 Å². The maximum atomic E-state index is 12.1. The Labute approximate surface area is 131 Å². The Morgan fingerprint density at radius 2 is 1.77 bits per heavy atom. The van der Waals surface area contributed by atoms with Crippen LogP contribution in [0.5, 0.6) is 0 Å². The van der Waals surface area contributed by atoms with Gasteiger partial charge in [0.25, 0.3) is 0 Å². The molecule has 1 aromatic rings. The zero-order chi connectivity index (χ0) is 16.2. The second-order valence-corrected chi connectivity index (χ2v) is 5.93. The van der Waals surface area contributed by atoms with Crippen LogP contribution in [-0.4, -0.2) is 43.1 Å². The van der Waals surface area contributed by atoms with Crippen molar-refractivity contribution in [2.45, 2.75) is 38.4 Å². The lowest BCUT2D eigenvalue weighted by molar-refractivity contribution is -0.139. The minimum atomic E-state index is -1.32. The van der Waals surface area contributed by atoms with Crippen molar-refractivity contribution in [1.29, 1.82) is 0 Å². The average Bonchev–Trinajstić information content (AvgIpc) is 2.50. The quantitative estimate of drug-likeness (QED) is 0.801. The summed E-state index contributed by atoms with van der Waals surface area (Å²) in [5.74, 6) is -0.237. The molecule has 1 atom stereocenters. The van der Waals surface area contributed by atoms with Crippen molar-refractivity contribution >= 4 is 11.9 Å². The van der Waals surface area contributed by atoms with E-state index in [4.69, 9.17) is 9.47 Å². The molecule has 0 aliphatic carbocycles. The highest BCUT2D eigenvalue weighted by molar-refractivity contribution is 5.87. The number of benzene rings is 1. The standard InChI is InChI=1S/C17H23NO4/c1-13(19)17(2,14-7-5-4-6-8-14)22-16(20)21-15-9-11-18(3)12-10-15/h4-8,15H,9-12H2,1-3H3. The molecule has 5 heteroatoms. The highest BCUT2D eigenvalue weighted by atomic mass is 16.7. The Bertz CT molecular complexity index is 523. The summed E-state index contributed by atoms with van der Waals surface area (Å²) >= 11 is 0. The highest BCUT2D eigenvalue weighted by Crippen LogP contribution is 2.27. The summed E-state index contributed by atoms with van der Waals surface area (Å²) in [6, 6.07) is 9.00. The van der Waals surface area contributed by atoms with Gasteiger partial charge < -0.3 is 14.4 Å². The van der Waals surface area contributed by atoms with Crippen LogP contribution in [0.3, 0.4) is 0 Å². The van der Waals surface area contributed by atoms with Crippen LogP contribution in [0.4, 0.5) is 4.79 Å². The second kappa shape index (κ2) is 6.92. The predicted molar refractivity (Wildman–Crippen MR) is 82.6 cm³/mol. The zero-order valence-electron chi connectivity index (χ0n) is 13.4. The molecule has 0 bridgehead atoms. The van der Waals surface area contributed by atoms with Gasteiger partial charge in [-0.3, -0.25) is 4.79 Å². The Morgan fingerprint density at radius 1 is 1.18 bits per heavy atom. The topological polar surface area (TPSA) is 55.8 Å². The molecule has 120 valence electrons. The van der Waals surface area contributed by atoms with Crippen LogP contribution in [0.15, 0.2) is 30.3 Å². The molecule has 0 radical (unpaired) electrons. The molecule has 1 aromatic carbocycles. The van der Waals surface area contributed by atoms with Gasteiger partial charge in [0.15, 0.2) is 11.4 Å². The van der Waals surface area contributed by atoms with Crippen LogP contribution in [-0.2, 0) is 19.9 Å². The first-order chi connectivity index (χ1) is 10.4. The lowest BCUT2D eigenvalue weighted by Gasteiger charge is -2.31. The number of hydrogen-bond acceptors (Lipinski definition) is 5. The van der Waals surface area contributed by atoms with Crippen molar-refractivity contribution in [2.75, 3.05) is 20.1 Å². The van der Waals surface area contributed by atoms with E-state index in [0.717, 1.165) is 25.9 Å². The first kappa shape index (κ1) is 16.5. The van der Waals surface area contributed by atoms with Crippen molar-refractivity contribution in [1.82, 2.24) is 4.90 Å². The smallest absolute Gasteiger partial charge is 0.431 e. The first-order valence-corrected chi connectivity index (χ1v) is 7.56. The third-order valence-corrected chi connectivity index (χ3v) is 4.21. The van der Waals surface area contributed by atoms with Crippen LogP contribution in [0.25, 0.3) is 0 Å². The second-order valence-electron chi connectivity index (χ2n) is 5.93. The van der Waals surface area contributed by atoms with Crippen LogP contribution in [0, 0.1) is 0 Å². The molecule has 1 heterocycles. The lowest BCUT2D eigenvalue weighted by Crippen LogP contribution is -2.39. The maximum absolute atomic E-state index is 12.1. The number of nitrogens with zero attached hydrogens (tertiary/aromatic N) is 1. The van der Waals surface area contributed by atoms with E-state index in [1.165, 1.54) is 6.92 Å². The molecule has 5 nitrogen and oxygen atoms in total. The monoisotopic (exact) mass is 305 g/mol. The third kappa shape index (κ3) is 3.85. The minimum Gasteiger partial charge on any atom is -0.431 e. The number of ether oxygens (including phenoxy) is 2. The summed E-state index contributed by atoms with van der Waals surface area (Å²) < 4.78 is 10.8. The SMILES string of the molecule is CC(=O)C(C)(OC(=O)OC1CCN(C)CC1)c1ccccc1. The Hall–Kier alpha value is -1.88. The van der Waals surface area contributed by atoms with E-state index in [0.29, 0.717) is 5.56 Å². The maximum Gasteiger partial charge on any atom is 0.509 e. The number of ketones is 1. The van der Waals surface area contributed by atoms with Crippen molar-refractivity contribution < 1.29 is 19.1 Å². The summed E-state index contributed by atoms with van der Waals surface area (Å²) in [7, 11) is 2.04. The molecule has 1 unspecified atom stereocenters. The van der Waals surface area contributed by atoms with Gasteiger partial charge in [0.1, 0.15) is 6.10 Å². The molecular weight excluding hydrogens is 282 g/mol. The number of piperidine rings is 1. The van der Waals surface area contributed by atoms with E-state index < -0.39 is 11.8 Å². The first-order valence-electron chi connectivity index (χ1n) is 7.56. The molecule has 0 spiro atoms. The fourth-order valence-electron chi connectivity index (χ4n) is 2.52. The van der Waals surface area contributed by atoms with Gasteiger partial charge in [-0.2, -0.15) is 0 Å². The van der Waals surface area contributed by atoms with Crippen molar-refractivity contribution in [3.05, 3.63) is 35.9 Å². The summed E-state index contributed by atoms with van der Waals surface area (Å²) in [6.07, 6.45) is 0.647. The summed E-state index contributed by atoms with van der Waals surface area (Å²) in [5.41, 5.74) is -0.674. The fourth-order valence-corrected chi connectivity index (χ4v) is 2.52. The van der Waals surface area contributed by atoms with Gasteiger partial charge in [-0.25, -0.2) is 4.79 Å². The summed E-state index contributed by atoms with van der Waals surface area (Å²) in [4.78, 5) is 26.3. The van der Waals surface area contributed by atoms with E-state index in [2.05, 4.69) is 4.90 Å². The van der Waals surface area contributed by atoms with Crippen LogP contribution < -0.4 is 0 Å². The van der Waals surface area contributed by atoms with E-state index >= 15 is 0 Å². The van der Waals surface area contributed by atoms with Crippen molar-refractivity contribution in [3.8, 4) is 0 Å². The van der Waals surface area contributed by atoms with E-state index in [-0.39, 0.29) is 11.9 Å². The van der Waals surface area contributed by atoms with Gasteiger partial charge in [-0.15, -0.1) is 0 Å². The van der Waals surface area contributed by atoms with Gasteiger partial charge in [0.2, 0.25) is 0 Å². The largest absolute Gasteiger partial charge is 0.509 e. The van der Waals surface area contributed by atoms with Gasteiger partial charge in [0, 0.05) is 18.7 Å². The predicted octanol–water partition coefficient (Wildman–Crippen LogP) is 2.74. The third-order valence-electron chi connectivity index (χ3n) is 4.21. The van der Waals surface area contributed by atoms with Gasteiger partial charge in [-0.05, 0) is 33.7 Å². The van der Waals surface area contributed by atoms with E-state index in [9.17, 15) is 9.59 Å². The minimum absolute atomic E-state index is 0.143. The number of carbonyl (C=O) groups is 2. The molecule has 1 saturated heterocycles. The molecule has 0 N–H and O–H groups in total. The number of rotatable bonds is 4.